The van der Waals surface area contributed by atoms with Gasteiger partial charge in [-0.2, -0.15) is 0 Å². The number of carboxylic acids is 1. The third-order valence-electron chi connectivity index (χ3n) is 3.27. The molecule has 1 rings (SSSR count). The Morgan fingerprint density at radius 3 is 2.58 bits per heavy atom. The second-order valence-corrected chi connectivity index (χ2v) is 4.94. The van der Waals surface area contributed by atoms with Gasteiger partial charge in [0.25, 0.3) is 0 Å². The number of ether oxygens (including phenoxy) is 1. The number of benzene rings is 1. The smallest absolute Gasteiger partial charge is 0.308 e. The molecule has 106 valence electrons. The highest BCUT2D eigenvalue weighted by molar-refractivity contribution is 5.71. The Hall–Kier alpha value is -1.71. The molecule has 0 bridgehead atoms. The summed E-state index contributed by atoms with van der Waals surface area (Å²) < 4.78 is 5.30. The monoisotopic (exact) mass is 265 g/mol. The van der Waals surface area contributed by atoms with E-state index in [2.05, 4.69) is 19.2 Å². The Bertz CT molecular complexity index is 429. The molecule has 1 atom stereocenters. The molecule has 0 saturated heterocycles. The maximum absolute atomic E-state index is 11.0. The van der Waals surface area contributed by atoms with Crippen molar-refractivity contribution in [1.82, 2.24) is 0 Å². The van der Waals surface area contributed by atoms with Crippen molar-refractivity contribution in [3.63, 3.8) is 0 Å². The lowest BCUT2D eigenvalue weighted by atomic mass is 10.0. The molecule has 4 heteroatoms. The van der Waals surface area contributed by atoms with Crippen LogP contribution in [0, 0.1) is 5.92 Å². The summed E-state index contributed by atoms with van der Waals surface area (Å²) in [6, 6.07) is 5.97. The van der Waals surface area contributed by atoms with E-state index in [0.717, 1.165) is 11.4 Å². The molecule has 1 aromatic rings. The number of nitrogens with one attached hydrogen (secondary N) is 1. The largest absolute Gasteiger partial charge is 0.495 e. The maximum atomic E-state index is 11.0. The second kappa shape index (κ2) is 7.02. The fourth-order valence-electron chi connectivity index (χ4n) is 1.86. The minimum absolute atomic E-state index is 0.382. The van der Waals surface area contributed by atoms with E-state index in [4.69, 9.17) is 9.84 Å². The van der Waals surface area contributed by atoms with Gasteiger partial charge >= 0.3 is 5.97 Å². The van der Waals surface area contributed by atoms with E-state index in [1.165, 1.54) is 5.56 Å². The lowest BCUT2D eigenvalue weighted by Gasteiger charge is -2.16. The number of hydrogen-bond acceptors (Lipinski definition) is 3. The van der Waals surface area contributed by atoms with Crippen LogP contribution in [0.2, 0.25) is 0 Å². The third kappa shape index (κ3) is 4.16. The molecule has 0 aliphatic heterocycles. The van der Waals surface area contributed by atoms with Crippen LogP contribution in [0.5, 0.6) is 5.75 Å². The van der Waals surface area contributed by atoms with Gasteiger partial charge in [0.15, 0.2) is 0 Å². The first kappa shape index (κ1) is 15.3. The fourth-order valence-corrected chi connectivity index (χ4v) is 1.86. The standard InChI is InChI=1S/C15H23NO3/c1-5-11(15(17)18)9-16-13-8-12(10(2)3)6-7-14(13)19-4/h6-8,10-11,16H,5,9H2,1-4H3,(H,17,18). The van der Waals surface area contributed by atoms with Gasteiger partial charge in [-0.05, 0) is 30.0 Å². The summed E-state index contributed by atoms with van der Waals surface area (Å²) in [5.41, 5.74) is 2.06. The average molecular weight is 265 g/mol. The Morgan fingerprint density at radius 2 is 2.11 bits per heavy atom. The average Bonchev–Trinajstić information content (AvgIpc) is 2.38. The van der Waals surface area contributed by atoms with E-state index < -0.39 is 5.97 Å². The van der Waals surface area contributed by atoms with Gasteiger partial charge in [0, 0.05) is 6.54 Å². The second-order valence-electron chi connectivity index (χ2n) is 4.94. The first-order valence-corrected chi connectivity index (χ1v) is 6.64. The Balaban J connectivity index is 2.85. The van der Waals surface area contributed by atoms with E-state index >= 15 is 0 Å². The van der Waals surface area contributed by atoms with Crippen molar-refractivity contribution in [2.24, 2.45) is 5.92 Å². The van der Waals surface area contributed by atoms with Crippen molar-refractivity contribution in [2.45, 2.75) is 33.1 Å². The van der Waals surface area contributed by atoms with Gasteiger partial charge in [-0.15, -0.1) is 0 Å². The quantitative estimate of drug-likeness (QED) is 0.794. The molecular formula is C15H23NO3. The molecule has 0 saturated carbocycles. The fraction of sp³-hybridized carbons (Fsp3) is 0.533. The summed E-state index contributed by atoms with van der Waals surface area (Å²) in [7, 11) is 1.62. The van der Waals surface area contributed by atoms with Crippen molar-refractivity contribution in [2.75, 3.05) is 19.0 Å². The zero-order valence-electron chi connectivity index (χ0n) is 12.1. The third-order valence-corrected chi connectivity index (χ3v) is 3.27. The van der Waals surface area contributed by atoms with Crippen LogP contribution in [-0.4, -0.2) is 24.7 Å². The van der Waals surface area contributed by atoms with E-state index in [0.29, 0.717) is 18.9 Å². The van der Waals surface area contributed by atoms with Gasteiger partial charge in [0.05, 0.1) is 18.7 Å². The summed E-state index contributed by atoms with van der Waals surface area (Å²) >= 11 is 0. The van der Waals surface area contributed by atoms with E-state index in [1.54, 1.807) is 7.11 Å². The molecule has 4 nitrogen and oxygen atoms in total. The van der Waals surface area contributed by atoms with Crippen molar-refractivity contribution in [1.29, 1.82) is 0 Å². The molecule has 0 heterocycles. The summed E-state index contributed by atoms with van der Waals surface area (Å²) in [5.74, 6) is 0.0129. The predicted molar refractivity (Wildman–Crippen MR) is 77.0 cm³/mol. The van der Waals surface area contributed by atoms with Crippen LogP contribution in [0.4, 0.5) is 5.69 Å². The number of rotatable bonds is 7. The van der Waals surface area contributed by atoms with Crippen molar-refractivity contribution in [3.8, 4) is 5.75 Å². The minimum atomic E-state index is -0.769. The van der Waals surface area contributed by atoms with Gasteiger partial charge in [0.1, 0.15) is 5.75 Å². The molecule has 0 aromatic heterocycles. The highest BCUT2D eigenvalue weighted by Crippen LogP contribution is 2.28. The number of methoxy groups -OCH3 is 1. The summed E-state index contributed by atoms with van der Waals surface area (Å²) in [4.78, 5) is 11.0. The zero-order valence-corrected chi connectivity index (χ0v) is 12.1. The normalized spacial score (nSPS) is 12.3. The summed E-state index contributed by atoms with van der Waals surface area (Å²) in [6.07, 6.45) is 0.606. The molecule has 0 amide bonds. The minimum Gasteiger partial charge on any atom is -0.495 e. The number of hydrogen-bond donors (Lipinski definition) is 2. The molecule has 2 N–H and O–H groups in total. The molecule has 1 aromatic carbocycles. The van der Waals surface area contributed by atoms with Gasteiger partial charge in [-0.25, -0.2) is 0 Å². The van der Waals surface area contributed by atoms with E-state index in [1.807, 2.05) is 25.1 Å². The van der Waals surface area contributed by atoms with Crippen LogP contribution in [0.3, 0.4) is 0 Å². The highest BCUT2D eigenvalue weighted by Gasteiger charge is 2.15. The lowest BCUT2D eigenvalue weighted by molar-refractivity contribution is -0.141. The summed E-state index contributed by atoms with van der Waals surface area (Å²) in [6.45, 7) is 6.53. The predicted octanol–water partition coefficient (Wildman–Crippen LogP) is 3.34. The Kier molecular flexibility index (Phi) is 5.67. The van der Waals surface area contributed by atoms with E-state index in [9.17, 15) is 4.79 Å². The van der Waals surface area contributed by atoms with Crippen LogP contribution in [0.15, 0.2) is 18.2 Å². The van der Waals surface area contributed by atoms with Crippen LogP contribution in [0.25, 0.3) is 0 Å². The first-order chi connectivity index (χ1) is 8.99. The Labute approximate surface area is 114 Å². The van der Waals surface area contributed by atoms with Crippen molar-refractivity contribution in [3.05, 3.63) is 23.8 Å². The van der Waals surface area contributed by atoms with Gasteiger partial charge in [-0.1, -0.05) is 26.8 Å². The molecule has 19 heavy (non-hydrogen) atoms. The van der Waals surface area contributed by atoms with E-state index in [-0.39, 0.29) is 5.92 Å². The van der Waals surface area contributed by atoms with Gasteiger partial charge in [0.2, 0.25) is 0 Å². The first-order valence-electron chi connectivity index (χ1n) is 6.64. The lowest BCUT2D eigenvalue weighted by Crippen LogP contribution is -2.22. The SMILES string of the molecule is CCC(CNc1cc(C(C)C)ccc1OC)C(=O)O. The molecule has 0 aliphatic rings. The molecule has 0 spiro atoms. The molecule has 0 aliphatic carbocycles. The molecular weight excluding hydrogens is 242 g/mol. The summed E-state index contributed by atoms with van der Waals surface area (Å²) in [5, 5.41) is 12.2. The van der Waals surface area contributed by atoms with Gasteiger partial charge < -0.3 is 15.2 Å². The number of carbonyl (C=O) groups is 1. The molecule has 0 fully saturated rings. The molecule has 0 radical (unpaired) electrons. The molecule has 1 unspecified atom stereocenters. The topological polar surface area (TPSA) is 58.6 Å². The Morgan fingerprint density at radius 1 is 1.42 bits per heavy atom. The number of anilines is 1. The number of aliphatic carboxylic acids is 1. The van der Waals surface area contributed by atoms with Crippen molar-refractivity contribution >= 4 is 11.7 Å². The van der Waals surface area contributed by atoms with Crippen LogP contribution >= 0.6 is 0 Å². The van der Waals surface area contributed by atoms with Crippen LogP contribution < -0.4 is 10.1 Å². The zero-order chi connectivity index (χ0) is 14.4. The van der Waals surface area contributed by atoms with Crippen molar-refractivity contribution < 1.29 is 14.6 Å². The maximum Gasteiger partial charge on any atom is 0.308 e. The van der Waals surface area contributed by atoms with Crippen LogP contribution in [0.1, 0.15) is 38.7 Å². The highest BCUT2D eigenvalue weighted by atomic mass is 16.5. The van der Waals surface area contributed by atoms with Crippen LogP contribution in [-0.2, 0) is 4.79 Å². The number of carboxylic acid groups (broad SMARTS) is 1. The van der Waals surface area contributed by atoms with Gasteiger partial charge in [-0.3, -0.25) is 4.79 Å².